The number of alkyl halides is 3. The van der Waals surface area contributed by atoms with E-state index < -0.39 is 24.2 Å². The molecule has 0 spiro atoms. The molecule has 0 aliphatic carbocycles. The Hall–Kier alpha value is -3.69. The Bertz CT molecular complexity index is 1210. The predicted molar refractivity (Wildman–Crippen MR) is 115 cm³/mol. The molecule has 3 aromatic rings. The highest BCUT2D eigenvalue weighted by Crippen LogP contribution is 2.45. The molecule has 1 amide bonds. The van der Waals surface area contributed by atoms with Gasteiger partial charge in [-0.25, -0.2) is 4.68 Å². The molecule has 0 saturated carbocycles. The number of ether oxygens (including phenoxy) is 2. The van der Waals surface area contributed by atoms with Gasteiger partial charge in [0.05, 0.1) is 6.04 Å². The molecule has 2 N–H and O–H groups in total. The third kappa shape index (κ3) is 3.96. The van der Waals surface area contributed by atoms with Crippen molar-refractivity contribution in [1.82, 2.24) is 9.78 Å². The number of aromatic nitrogens is 2. The number of fused-ring (bicyclic) bond motifs is 2. The molecule has 0 bridgehead atoms. The molecule has 2 aromatic carbocycles. The van der Waals surface area contributed by atoms with E-state index in [1.165, 1.54) is 6.07 Å². The van der Waals surface area contributed by atoms with Gasteiger partial charge in [-0.3, -0.25) is 4.79 Å². The van der Waals surface area contributed by atoms with Crippen molar-refractivity contribution in [3.63, 3.8) is 0 Å². The molecule has 2 atom stereocenters. The standard InChI is InChI=1S/C23H21F3N4O3/c1-2-13-5-3-4-6-15(13)28-22(31)17-11-21-27-16(10-20(23(24,25)26)30(21)29-17)14-7-8-18-19(9-14)33-12-32-18/h3-9,11,16,20,27H,2,10,12H2,1H3,(H,28,31)/t16-,20-/m1/s1. The van der Waals surface area contributed by atoms with Gasteiger partial charge in [-0.2, -0.15) is 18.3 Å². The first kappa shape index (κ1) is 21.2. The van der Waals surface area contributed by atoms with Crippen molar-refractivity contribution in [3.8, 4) is 11.5 Å². The molecular formula is C23H21F3N4O3. The average molecular weight is 458 g/mol. The van der Waals surface area contributed by atoms with Gasteiger partial charge in [0, 0.05) is 18.2 Å². The summed E-state index contributed by atoms with van der Waals surface area (Å²) in [6, 6.07) is 11.2. The van der Waals surface area contributed by atoms with Gasteiger partial charge < -0.3 is 20.1 Å². The zero-order valence-corrected chi connectivity index (χ0v) is 17.6. The van der Waals surface area contributed by atoms with Crippen LogP contribution in [-0.2, 0) is 6.42 Å². The Kier molecular flexibility index (Phi) is 5.15. The number of nitrogens with zero attached hydrogens (tertiary/aromatic N) is 2. The summed E-state index contributed by atoms with van der Waals surface area (Å²) in [6.45, 7) is 2.03. The normalized spacial score (nSPS) is 19.0. The SMILES string of the molecule is CCc1ccccc1NC(=O)c1cc2n(n1)[C@@H](C(F)(F)F)C[C@H](c1ccc3c(c1)OCO3)N2. The molecule has 2 aliphatic rings. The predicted octanol–water partition coefficient (Wildman–Crippen LogP) is 5.09. The van der Waals surface area contributed by atoms with Crippen molar-refractivity contribution in [2.24, 2.45) is 0 Å². The lowest BCUT2D eigenvalue weighted by molar-refractivity contribution is -0.173. The number of benzene rings is 2. The van der Waals surface area contributed by atoms with Crippen LogP contribution < -0.4 is 20.1 Å². The minimum Gasteiger partial charge on any atom is -0.454 e. The van der Waals surface area contributed by atoms with E-state index in [2.05, 4.69) is 15.7 Å². The lowest BCUT2D eigenvalue weighted by Crippen LogP contribution is -2.35. The quantitative estimate of drug-likeness (QED) is 0.570. The number of anilines is 2. The van der Waals surface area contributed by atoms with Crippen molar-refractivity contribution in [3.05, 3.63) is 65.4 Å². The van der Waals surface area contributed by atoms with Gasteiger partial charge in [0.15, 0.2) is 23.2 Å². The van der Waals surface area contributed by atoms with Crippen LogP contribution >= 0.6 is 0 Å². The molecule has 7 nitrogen and oxygen atoms in total. The zero-order valence-electron chi connectivity index (χ0n) is 17.6. The number of hydrogen-bond donors (Lipinski definition) is 2. The maximum Gasteiger partial charge on any atom is 0.410 e. The first-order chi connectivity index (χ1) is 15.8. The van der Waals surface area contributed by atoms with E-state index in [4.69, 9.17) is 9.47 Å². The Morgan fingerprint density at radius 3 is 2.76 bits per heavy atom. The van der Waals surface area contributed by atoms with E-state index in [9.17, 15) is 18.0 Å². The maximum atomic E-state index is 14.0. The number of amides is 1. The van der Waals surface area contributed by atoms with E-state index in [0.29, 0.717) is 29.2 Å². The molecule has 0 unspecified atom stereocenters. The van der Waals surface area contributed by atoms with E-state index in [-0.39, 0.29) is 24.7 Å². The first-order valence-corrected chi connectivity index (χ1v) is 10.5. The van der Waals surface area contributed by atoms with Gasteiger partial charge in [0.1, 0.15) is 5.82 Å². The van der Waals surface area contributed by atoms with Crippen molar-refractivity contribution in [2.45, 2.75) is 38.0 Å². The largest absolute Gasteiger partial charge is 0.454 e. The topological polar surface area (TPSA) is 77.4 Å². The lowest BCUT2D eigenvalue weighted by Gasteiger charge is -2.33. The van der Waals surface area contributed by atoms with Gasteiger partial charge in [0.25, 0.3) is 5.91 Å². The van der Waals surface area contributed by atoms with Crippen molar-refractivity contribution < 1.29 is 27.4 Å². The Balaban J connectivity index is 1.45. The lowest BCUT2D eigenvalue weighted by atomic mass is 9.96. The minimum atomic E-state index is -4.54. The highest BCUT2D eigenvalue weighted by molar-refractivity contribution is 6.03. The molecule has 1 aromatic heterocycles. The second kappa shape index (κ2) is 8.02. The molecular weight excluding hydrogens is 437 g/mol. The second-order valence-corrected chi connectivity index (χ2v) is 7.93. The molecule has 0 radical (unpaired) electrons. The summed E-state index contributed by atoms with van der Waals surface area (Å²) < 4.78 is 53.4. The van der Waals surface area contributed by atoms with Crippen LogP contribution in [-0.4, -0.2) is 28.7 Å². The van der Waals surface area contributed by atoms with Crippen LogP contribution in [0.3, 0.4) is 0 Å². The molecule has 0 fully saturated rings. The highest BCUT2D eigenvalue weighted by Gasteiger charge is 2.47. The van der Waals surface area contributed by atoms with Gasteiger partial charge >= 0.3 is 6.18 Å². The first-order valence-electron chi connectivity index (χ1n) is 10.5. The van der Waals surface area contributed by atoms with Crippen molar-refractivity contribution in [1.29, 1.82) is 0 Å². The molecule has 33 heavy (non-hydrogen) atoms. The summed E-state index contributed by atoms with van der Waals surface area (Å²) in [5, 5.41) is 9.86. The van der Waals surface area contributed by atoms with Gasteiger partial charge in [-0.1, -0.05) is 31.2 Å². The van der Waals surface area contributed by atoms with Crippen LogP contribution in [0.1, 0.15) is 47.0 Å². The van der Waals surface area contributed by atoms with Crippen LogP contribution in [0.25, 0.3) is 0 Å². The van der Waals surface area contributed by atoms with Crippen molar-refractivity contribution in [2.75, 3.05) is 17.4 Å². The van der Waals surface area contributed by atoms with Crippen molar-refractivity contribution >= 4 is 17.4 Å². The summed E-state index contributed by atoms with van der Waals surface area (Å²) in [5.74, 6) is 0.602. The Morgan fingerprint density at radius 2 is 1.97 bits per heavy atom. The summed E-state index contributed by atoms with van der Waals surface area (Å²) in [6.07, 6.45) is -4.12. The van der Waals surface area contributed by atoms with E-state index in [0.717, 1.165) is 10.2 Å². The number of aryl methyl sites for hydroxylation is 1. The number of halogens is 3. The summed E-state index contributed by atoms with van der Waals surface area (Å²) in [5.41, 5.74) is 2.06. The van der Waals surface area contributed by atoms with Crippen LogP contribution in [0.2, 0.25) is 0 Å². The molecule has 3 heterocycles. The van der Waals surface area contributed by atoms with Gasteiger partial charge in [-0.05, 0) is 35.7 Å². The van der Waals surface area contributed by atoms with Crippen LogP contribution in [0.15, 0.2) is 48.5 Å². The fourth-order valence-electron chi connectivity index (χ4n) is 4.17. The molecule has 10 heteroatoms. The summed E-state index contributed by atoms with van der Waals surface area (Å²) >= 11 is 0. The van der Waals surface area contributed by atoms with Gasteiger partial charge in [-0.15, -0.1) is 0 Å². The third-order valence-corrected chi connectivity index (χ3v) is 5.87. The Labute approximate surface area is 187 Å². The highest BCUT2D eigenvalue weighted by atomic mass is 19.4. The van der Waals surface area contributed by atoms with E-state index >= 15 is 0 Å². The number of hydrogen-bond acceptors (Lipinski definition) is 5. The maximum absolute atomic E-state index is 14.0. The van der Waals surface area contributed by atoms with E-state index in [1.807, 2.05) is 19.1 Å². The number of rotatable bonds is 4. The summed E-state index contributed by atoms with van der Waals surface area (Å²) in [7, 11) is 0. The molecule has 172 valence electrons. The van der Waals surface area contributed by atoms with Crippen LogP contribution in [0.4, 0.5) is 24.7 Å². The monoisotopic (exact) mass is 458 g/mol. The molecule has 2 aliphatic heterocycles. The van der Waals surface area contributed by atoms with Crippen LogP contribution in [0, 0.1) is 0 Å². The second-order valence-electron chi connectivity index (χ2n) is 7.93. The summed E-state index contributed by atoms with van der Waals surface area (Å²) in [4.78, 5) is 12.8. The minimum absolute atomic E-state index is 0.0778. The number of nitrogens with one attached hydrogen (secondary N) is 2. The smallest absolute Gasteiger partial charge is 0.410 e. The molecule has 5 rings (SSSR count). The number of carbonyl (C=O) groups excluding carboxylic acids is 1. The average Bonchev–Trinajstić information content (AvgIpc) is 3.44. The fraction of sp³-hybridized carbons (Fsp3) is 0.304. The number of carbonyl (C=O) groups is 1. The third-order valence-electron chi connectivity index (χ3n) is 5.87. The van der Waals surface area contributed by atoms with Crippen LogP contribution in [0.5, 0.6) is 11.5 Å². The Morgan fingerprint density at radius 1 is 1.18 bits per heavy atom. The zero-order chi connectivity index (χ0) is 23.2. The molecule has 0 saturated heterocycles. The number of para-hydroxylation sites is 1. The van der Waals surface area contributed by atoms with E-state index in [1.54, 1.807) is 30.3 Å². The fourth-order valence-corrected chi connectivity index (χ4v) is 4.17. The van der Waals surface area contributed by atoms with Gasteiger partial charge in [0.2, 0.25) is 6.79 Å².